The number of nitrogens with zero attached hydrogens (tertiary/aromatic N) is 1. The first-order chi connectivity index (χ1) is 12.5. The number of anilines is 1. The van der Waals surface area contributed by atoms with E-state index in [1.54, 1.807) is 13.0 Å². The van der Waals surface area contributed by atoms with E-state index in [1.807, 2.05) is 30.3 Å². The SMILES string of the molecule is Cc1cc(C(=O)Nc2ccc(OC(F)F)c(Cc3ccccc3)c2)no1. The molecule has 5 nitrogen and oxygen atoms in total. The maximum Gasteiger partial charge on any atom is 0.387 e. The first kappa shape index (κ1) is 17.6. The number of hydrogen-bond donors (Lipinski definition) is 1. The summed E-state index contributed by atoms with van der Waals surface area (Å²) in [7, 11) is 0. The zero-order chi connectivity index (χ0) is 18.5. The lowest BCUT2D eigenvalue weighted by molar-refractivity contribution is -0.0503. The lowest BCUT2D eigenvalue weighted by Gasteiger charge is -2.13. The summed E-state index contributed by atoms with van der Waals surface area (Å²) < 4.78 is 34.8. The third kappa shape index (κ3) is 4.44. The third-order valence-corrected chi connectivity index (χ3v) is 3.63. The summed E-state index contributed by atoms with van der Waals surface area (Å²) in [6.45, 7) is -1.25. The molecule has 3 rings (SSSR count). The largest absolute Gasteiger partial charge is 0.435 e. The Bertz CT molecular complexity index is 895. The van der Waals surface area contributed by atoms with Gasteiger partial charge in [0.15, 0.2) is 5.69 Å². The fourth-order valence-electron chi connectivity index (χ4n) is 2.49. The van der Waals surface area contributed by atoms with Crippen LogP contribution in [-0.2, 0) is 6.42 Å². The topological polar surface area (TPSA) is 64.4 Å². The molecule has 0 radical (unpaired) electrons. The third-order valence-electron chi connectivity index (χ3n) is 3.63. The molecule has 0 unspecified atom stereocenters. The van der Waals surface area contributed by atoms with Gasteiger partial charge in [-0.3, -0.25) is 4.79 Å². The predicted molar refractivity (Wildman–Crippen MR) is 91.5 cm³/mol. The molecule has 1 heterocycles. The number of aryl methyl sites for hydroxylation is 1. The molecule has 0 saturated heterocycles. The highest BCUT2D eigenvalue weighted by molar-refractivity contribution is 6.02. The van der Waals surface area contributed by atoms with Crippen LogP contribution in [0, 0.1) is 6.92 Å². The van der Waals surface area contributed by atoms with Crippen LogP contribution in [0.2, 0.25) is 0 Å². The molecule has 0 fully saturated rings. The highest BCUT2D eigenvalue weighted by Gasteiger charge is 2.14. The molecule has 0 aliphatic rings. The van der Waals surface area contributed by atoms with E-state index >= 15 is 0 Å². The van der Waals surface area contributed by atoms with E-state index in [2.05, 4.69) is 15.2 Å². The molecule has 2 aromatic carbocycles. The minimum Gasteiger partial charge on any atom is -0.435 e. The van der Waals surface area contributed by atoms with Crippen molar-refractivity contribution in [2.75, 3.05) is 5.32 Å². The molecule has 0 aliphatic carbocycles. The van der Waals surface area contributed by atoms with Crippen LogP contribution in [0.4, 0.5) is 14.5 Å². The Morgan fingerprint density at radius 1 is 1.19 bits per heavy atom. The first-order valence-corrected chi connectivity index (χ1v) is 7.87. The van der Waals surface area contributed by atoms with Crippen molar-refractivity contribution in [2.45, 2.75) is 20.0 Å². The van der Waals surface area contributed by atoms with Crippen molar-refractivity contribution in [3.05, 3.63) is 77.2 Å². The van der Waals surface area contributed by atoms with Gasteiger partial charge in [-0.2, -0.15) is 8.78 Å². The Morgan fingerprint density at radius 2 is 1.96 bits per heavy atom. The molecular weight excluding hydrogens is 342 g/mol. The summed E-state index contributed by atoms with van der Waals surface area (Å²) in [4.78, 5) is 12.2. The van der Waals surface area contributed by atoms with Gasteiger partial charge in [-0.05, 0) is 30.7 Å². The summed E-state index contributed by atoms with van der Waals surface area (Å²) in [6.07, 6.45) is 0.385. The summed E-state index contributed by atoms with van der Waals surface area (Å²) in [5, 5.41) is 6.32. The van der Waals surface area contributed by atoms with Crippen molar-refractivity contribution < 1.29 is 22.8 Å². The van der Waals surface area contributed by atoms with Gasteiger partial charge in [0.1, 0.15) is 11.5 Å². The van der Waals surface area contributed by atoms with E-state index < -0.39 is 12.5 Å². The van der Waals surface area contributed by atoms with Crippen molar-refractivity contribution in [2.24, 2.45) is 0 Å². The van der Waals surface area contributed by atoms with Crippen molar-refractivity contribution >= 4 is 11.6 Å². The predicted octanol–water partition coefficient (Wildman–Crippen LogP) is 4.43. The quantitative estimate of drug-likeness (QED) is 0.708. The number of halogens is 2. The number of carbonyl (C=O) groups excluding carboxylic acids is 1. The Hall–Kier alpha value is -3.22. The Labute approximate surface area is 148 Å². The normalized spacial score (nSPS) is 10.8. The minimum absolute atomic E-state index is 0.0686. The van der Waals surface area contributed by atoms with Gasteiger partial charge < -0.3 is 14.6 Å². The second-order valence-electron chi connectivity index (χ2n) is 5.64. The van der Waals surface area contributed by atoms with E-state index in [9.17, 15) is 13.6 Å². The molecule has 0 saturated carbocycles. The molecule has 0 spiro atoms. The van der Waals surface area contributed by atoms with Crippen molar-refractivity contribution in [3.8, 4) is 5.75 Å². The van der Waals surface area contributed by atoms with Gasteiger partial charge in [0, 0.05) is 23.7 Å². The highest BCUT2D eigenvalue weighted by Crippen LogP contribution is 2.27. The zero-order valence-electron chi connectivity index (χ0n) is 13.9. The van der Waals surface area contributed by atoms with Crippen LogP contribution in [0.15, 0.2) is 59.1 Å². The van der Waals surface area contributed by atoms with Crippen LogP contribution in [-0.4, -0.2) is 17.7 Å². The fraction of sp³-hybridized carbons (Fsp3) is 0.158. The van der Waals surface area contributed by atoms with Crippen LogP contribution in [0.1, 0.15) is 27.4 Å². The molecule has 0 aliphatic heterocycles. The van der Waals surface area contributed by atoms with Crippen LogP contribution in [0.3, 0.4) is 0 Å². The molecule has 0 atom stereocenters. The number of ether oxygens (including phenoxy) is 1. The lowest BCUT2D eigenvalue weighted by atomic mass is 10.0. The zero-order valence-corrected chi connectivity index (χ0v) is 13.9. The standard InChI is InChI=1S/C19H16F2N2O3/c1-12-9-16(23-26-12)18(24)22-15-7-8-17(25-19(20)21)14(11-15)10-13-5-3-2-4-6-13/h2-9,11,19H,10H2,1H3,(H,22,24). The monoisotopic (exact) mass is 358 g/mol. The van der Waals surface area contributed by atoms with E-state index in [0.29, 0.717) is 23.4 Å². The highest BCUT2D eigenvalue weighted by atomic mass is 19.3. The molecular formula is C19H16F2N2O3. The van der Waals surface area contributed by atoms with Crippen LogP contribution in [0.25, 0.3) is 0 Å². The van der Waals surface area contributed by atoms with Crippen LogP contribution < -0.4 is 10.1 Å². The van der Waals surface area contributed by atoms with Gasteiger partial charge in [0.25, 0.3) is 5.91 Å². The number of aromatic nitrogens is 1. The lowest BCUT2D eigenvalue weighted by Crippen LogP contribution is -2.13. The number of benzene rings is 2. The molecule has 1 amide bonds. The first-order valence-electron chi connectivity index (χ1n) is 7.87. The average Bonchev–Trinajstić information content (AvgIpc) is 3.04. The van der Waals surface area contributed by atoms with Crippen LogP contribution >= 0.6 is 0 Å². The summed E-state index contributed by atoms with van der Waals surface area (Å²) in [5.74, 6) is 0.134. The van der Waals surface area contributed by atoms with Gasteiger partial charge >= 0.3 is 6.61 Å². The van der Waals surface area contributed by atoms with E-state index in [-0.39, 0.29) is 11.4 Å². The Balaban J connectivity index is 1.84. The van der Waals surface area contributed by atoms with E-state index in [0.717, 1.165) is 5.56 Å². The second-order valence-corrected chi connectivity index (χ2v) is 5.64. The number of carbonyl (C=O) groups is 1. The molecule has 1 N–H and O–H groups in total. The van der Waals surface area contributed by atoms with Gasteiger partial charge in [0.2, 0.25) is 0 Å². The smallest absolute Gasteiger partial charge is 0.387 e. The number of alkyl halides is 2. The summed E-state index contributed by atoms with van der Waals surface area (Å²) >= 11 is 0. The van der Waals surface area contributed by atoms with Gasteiger partial charge in [-0.1, -0.05) is 35.5 Å². The Kier molecular flexibility index (Phi) is 5.26. The molecule has 134 valence electrons. The number of nitrogens with one attached hydrogen (secondary N) is 1. The molecule has 26 heavy (non-hydrogen) atoms. The van der Waals surface area contributed by atoms with Crippen molar-refractivity contribution in [3.63, 3.8) is 0 Å². The maximum absolute atomic E-state index is 12.7. The molecule has 0 bridgehead atoms. The molecule has 7 heteroatoms. The average molecular weight is 358 g/mol. The van der Waals surface area contributed by atoms with Crippen LogP contribution in [0.5, 0.6) is 5.75 Å². The van der Waals surface area contributed by atoms with Crippen molar-refractivity contribution in [1.29, 1.82) is 0 Å². The van der Waals surface area contributed by atoms with Crippen molar-refractivity contribution in [1.82, 2.24) is 5.16 Å². The van der Waals surface area contributed by atoms with Gasteiger partial charge in [-0.15, -0.1) is 0 Å². The Morgan fingerprint density at radius 3 is 2.62 bits per heavy atom. The molecule has 1 aromatic heterocycles. The molecule has 3 aromatic rings. The van der Waals surface area contributed by atoms with E-state index in [1.165, 1.54) is 18.2 Å². The number of rotatable bonds is 6. The fourth-order valence-corrected chi connectivity index (χ4v) is 2.49. The van der Waals surface area contributed by atoms with Gasteiger partial charge in [-0.25, -0.2) is 0 Å². The number of amides is 1. The maximum atomic E-state index is 12.7. The van der Waals surface area contributed by atoms with Gasteiger partial charge in [0.05, 0.1) is 0 Å². The van der Waals surface area contributed by atoms with E-state index in [4.69, 9.17) is 4.52 Å². The summed E-state index contributed by atoms with van der Waals surface area (Å²) in [5.41, 5.74) is 2.05. The second kappa shape index (κ2) is 7.77. The summed E-state index contributed by atoms with van der Waals surface area (Å²) in [6, 6.07) is 15.4. The number of hydrogen-bond acceptors (Lipinski definition) is 4. The minimum atomic E-state index is -2.93.